The fraction of sp³-hybridized carbons (Fsp3) is 0.143. The Hall–Kier alpha value is -3.54. The predicted octanol–water partition coefficient (Wildman–Crippen LogP) is 3.27. The summed E-state index contributed by atoms with van der Waals surface area (Å²) in [6.07, 6.45) is 1.74. The number of para-hydroxylation sites is 2. The van der Waals surface area contributed by atoms with E-state index in [1.807, 2.05) is 66.5 Å². The van der Waals surface area contributed by atoms with Gasteiger partial charge in [0.15, 0.2) is 11.6 Å². The molecule has 0 spiro atoms. The van der Waals surface area contributed by atoms with Crippen molar-refractivity contribution in [3.8, 4) is 0 Å². The molecule has 0 saturated heterocycles. The lowest BCUT2D eigenvalue weighted by Crippen LogP contribution is -2.43. The van der Waals surface area contributed by atoms with E-state index in [0.29, 0.717) is 24.5 Å². The third-order valence-electron chi connectivity index (χ3n) is 4.93. The lowest BCUT2D eigenvalue weighted by molar-refractivity contribution is 0.0987. The van der Waals surface area contributed by atoms with Crippen molar-refractivity contribution in [2.45, 2.75) is 0 Å². The number of carbonyl (C=O) groups excluding carboxylic acids is 1. The molecule has 0 aliphatic carbocycles. The largest absolute Gasteiger partial charge is 0.355 e. The zero-order valence-electron chi connectivity index (χ0n) is 14.8. The maximum atomic E-state index is 13.4. The molecule has 0 atom stereocenters. The van der Waals surface area contributed by atoms with Crippen LogP contribution in [0.3, 0.4) is 0 Å². The molecule has 27 heavy (non-hydrogen) atoms. The summed E-state index contributed by atoms with van der Waals surface area (Å²) in [5.74, 6) is 1.26. The second-order valence-corrected chi connectivity index (χ2v) is 6.61. The van der Waals surface area contributed by atoms with Gasteiger partial charge >= 0.3 is 0 Å². The third-order valence-corrected chi connectivity index (χ3v) is 4.93. The van der Waals surface area contributed by atoms with E-state index in [4.69, 9.17) is 9.97 Å². The van der Waals surface area contributed by atoms with E-state index in [1.165, 1.54) is 0 Å². The summed E-state index contributed by atoms with van der Waals surface area (Å²) in [6.45, 7) is 1.26. The highest BCUT2D eigenvalue weighted by Crippen LogP contribution is 2.32. The van der Waals surface area contributed by atoms with Crippen LogP contribution in [0.5, 0.6) is 0 Å². The number of carbonyl (C=O) groups is 1. The second-order valence-electron chi connectivity index (χ2n) is 6.61. The highest BCUT2D eigenvalue weighted by Gasteiger charge is 2.29. The molecule has 0 radical (unpaired) electrons. The molecule has 132 valence electrons. The molecule has 6 heteroatoms. The van der Waals surface area contributed by atoms with Crippen molar-refractivity contribution in [2.24, 2.45) is 0 Å². The van der Waals surface area contributed by atoms with Crippen LogP contribution in [0.1, 0.15) is 10.4 Å². The standard InChI is InChI=1S/C21H17N5O/c1-25-12-13-26(20-19(25)23-17-8-2-3-9-18(17)24-20)21(27)15-6-4-10-16-14(15)7-5-11-22-16/h2-11H,12-13H2,1H3. The average molecular weight is 355 g/mol. The Labute approximate surface area is 156 Å². The van der Waals surface area contributed by atoms with Crippen LogP contribution in [0.2, 0.25) is 0 Å². The SMILES string of the molecule is CN1CCN(C(=O)c2cccc3ncccc23)c2nc3ccccc3nc21. The summed E-state index contributed by atoms with van der Waals surface area (Å²) in [4.78, 5) is 31.1. The Morgan fingerprint density at radius 1 is 0.852 bits per heavy atom. The Morgan fingerprint density at radius 2 is 1.59 bits per heavy atom. The van der Waals surface area contributed by atoms with E-state index in [9.17, 15) is 4.79 Å². The van der Waals surface area contributed by atoms with Gasteiger partial charge in [-0.1, -0.05) is 24.3 Å². The number of hydrogen-bond acceptors (Lipinski definition) is 5. The second kappa shape index (κ2) is 6.02. The summed E-state index contributed by atoms with van der Waals surface area (Å²) in [6, 6.07) is 17.1. The van der Waals surface area contributed by atoms with Gasteiger partial charge in [-0.15, -0.1) is 0 Å². The molecule has 1 amide bonds. The summed E-state index contributed by atoms with van der Waals surface area (Å²) in [5, 5.41) is 0.847. The summed E-state index contributed by atoms with van der Waals surface area (Å²) in [7, 11) is 1.98. The van der Waals surface area contributed by atoms with Crippen molar-refractivity contribution < 1.29 is 4.79 Å². The van der Waals surface area contributed by atoms with Gasteiger partial charge in [-0.25, -0.2) is 9.97 Å². The van der Waals surface area contributed by atoms with Gasteiger partial charge in [0, 0.05) is 37.3 Å². The molecule has 0 bridgehead atoms. The number of rotatable bonds is 1. The Bertz CT molecular complexity index is 1180. The molecule has 5 rings (SSSR count). The van der Waals surface area contributed by atoms with Crippen LogP contribution in [0.4, 0.5) is 11.6 Å². The van der Waals surface area contributed by atoms with Crippen molar-refractivity contribution in [1.82, 2.24) is 15.0 Å². The number of amides is 1. The highest BCUT2D eigenvalue weighted by molar-refractivity contribution is 6.14. The Balaban J connectivity index is 1.67. The molecule has 0 N–H and O–H groups in total. The van der Waals surface area contributed by atoms with E-state index in [1.54, 1.807) is 11.1 Å². The van der Waals surface area contributed by atoms with Gasteiger partial charge in [-0.2, -0.15) is 0 Å². The lowest BCUT2D eigenvalue weighted by Gasteiger charge is -2.34. The van der Waals surface area contributed by atoms with Crippen LogP contribution >= 0.6 is 0 Å². The van der Waals surface area contributed by atoms with E-state index in [0.717, 1.165) is 27.8 Å². The highest BCUT2D eigenvalue weighted by atomic mass is 16.2. The number of aromatic nitrogens is 3. The number of anilines is 2. The van der Waals surface area contributed by atoms with Gasteiger partial charge in [-0.3, -0.25) is 14.7 Å². The third kappa shape index (κ3) is 2.49. The first-order chi connectivity index (χ1) is 13.2. The minimum atomic E-state index is -0.0764. The van der Waals surface area contributed by atoms with Gasteiger partial charge in [0.2, 0.25) is 0 Å². The first kappa shape index (κ1) is 15.7. The van der Waals surface area contributed by atoms with Crippen molar-refractivity contribution in [1.29, 1.82) is 0 Å². The zero-order valence-corrected chi connectivity index (χ0v) is 14.8. The van der Waals surface area contributed by atoms with Gasteiger partial charge in [0.05, 0.1) is 16.6 Å². The maximum absolute atomic E-state index is 13.4. The molecule has 1 aliphatic heterocycles. The van der Waals surface area contributed by atoms with Gasteiger partial charge in [0.1, 0.15) is 0 Å². The Kier molecular flexibility index (Phi) is 3.50. The quantitative estimate of drug-likeness (QED) is 0.524. The van der Waals surface area contributed by atoms with Crippen LogP contribution < -0.4 is 9.80 Å². The molecule has 1 aliphatic rings. The van der Waals surface area contributed by atoms with Gasteiger partial charge < -0.3 is 4.90 Å². The molecule has 4 aromatic rings. The van der Waals surface area contributed by atoms with Crippen molar-refractivity contribution in [3.63, 3.8) is 0 Å². The zero-order chi connectivity index (χ0) is 18.4. The predicted molar refractivity (Wildman–Crippen MR) is 106 cm³/mol. The fourth-order valence-electron chi connectivity index (χ4n) is 3.51. The van der Waals surface area contributed by atoms with Crippen LogP contribution in [0.25, 0.3) is 21.9 Å². The Morgan fingerprint density at radius 3 is 2.41 bits per heavy atom. The smallest absolute Gasteiger partial charge is 0.260 e. The summed E-state index contributed by atoms with van der Waals surface area (Å²) >= 11 is 0. The number of fused-ring (bicyclic) bond motifs is 3. The molecule has 0 fully saturated rings. The molecular weight excluding hydrogens is 338 g/mol. The number of benzene rings is 2. The monoisotopic (exact) mass is 355 g/mol. The number of nitrogens with zero attached hydrogens (tertiary/aromatic N) is 5. The molecule has 0 unspecified atom stereocenters. The molecule has 2 aromatic heterocycles. The van der Waals surface area contributed by atoms with Gasteiger partial charge in [-0.05, 0) is 30.3 Å². The van der Waals surface area contributed by atoms with E-state index >= 15 is 0 Å². The molecular formula is C21H17N5O. The maximum Gasteiger partial charge on any atom is 0.260 e. The normalized spacial score (nSPS) is 13.8. The summed E-state index contributed by atoms with van der Waals surface area (Å²) in [5.41, 5.74) is 3.05. The topological polar surface area (TPSA) is 62.2 Å². The van der Waals surface area contributed by atoms with Gasteiger partial charge in [0.25, 0.3) is 5.91 Å². The van der Waals surface area contributed by atoms with E-state index in [2.05, 4.69) is 4.98 Å². The fourth-order valence-corrected chi connectivity index (χ4v) is 3.51. The van der Waals surface area contributed by atoms with Crippen LogP contribution in [-0.4, -0.2) is 41.0 Å². The lowest BCUT2D eigenvalue weighted by atomic mass is 10.1. The minimum absolute atomic E-state index is 0.0764. The molecule has 3 heterocycles. The minimum Gasteiger partial charge on any atom is -0.355 e. The van der Waals surface area contributed by atoms with Crippen LogP contribution in [0, 0.1) is 0 Å². The van der Waals surface area contributed by atoms with E-state index in [-0.39, 0.29) is 5.91 Å². The average Bonchev–Trinajstić information content (AvgIpc) is 2.72. The number of pyridine rings is 1. The van der Waals surface area contributed by atoms with Crippen LogP contribution in [0.15, 0.2) is 60.8 Å². The number of hydrogen-bond donors (Lipinski definition) is 0. The first-order valence-corrected chi connectivity index (χ1v) is 8.86. The van der Waals surface area contributed by atoms with E-state index < -0.39 is 0 Å². The summed E-state index contributed by atoms with van der Waals surface area (Å²) < 4.78 is 0. The molecule has 0 saturated carbocycles. The van der Waals surface area contributed by atoms with Crippen LogP contribution in [-0.2, 0) is 0 Å². The van der Waals surface area contributed by atoms with Crippen molar-refractivity contribution in [2.75, 3.05) is 29.9 Å². The van der Waals surface area contributed by atoms with Crippen molar-refractivity contribution >= 4 is 39.5 Å². The van der Waals surface area contributed by atoms with Crippen molar-refractivity contribution in [3.05, 3.63) is 66.4 Å². The first-order valence-electron chi connectivity index (χ1n) is 8.86. The molecule has 6 nitrogen and oxygen atoms in total. The number of likely N-dealkylation sites (N-methyl/N-ethyl adjacent to an activating group) is 1. The molecule has 2 aromatic carbocycles.